The van der Waals surface area contributed by atoms with Crippen LogP contribution in [0.25, 0.3) is 10.9 Å². The number of H-pyrrole nitrogens is 1. The number of benzene rings is 3. The van der Waals surface area contributed by atoms with E-state index in [2.05, 4.69) is 15.6 Å². The molecule has 8 heteroatoms. The largest absolute Gasteiger partial charge is 0.497 e. The molecule has 4 rings (SSSR count). The average molecular weight is 514 g/mol. The fourth-order valence-electron chi connectivity index (χ4n) is 4.32. The second-order valence-electron chi connectivity index (χ2n) is 9.10. The number of aromatic nitrogens is 1. The van der Waals surface area contributed by atoms with Gasteiger partial charge >= 0.3 is 0 Å². The van der Waals surface area contributed by atoms with Crippen LogP contribution in [-0.4, -0.2) is 47.7 Å². The van der Waals surface area contributed by atoms with E-state index < -0.39 is 24.0 Å². The third kappa shape index (κ3) is 6.27. The highest BCUT2D eigenvalue weighted by molar-refractivity contribution is 5.97. The van der Waals surface area contributed by atoms with Gasteiger partial charge in [0.15, 0.2) is 11.5 Å². The monoisotopic (exact) mass is 513 g/mol. The number of amides is 2. The SMILES string of the molecule is COc1ccc(CCNC(=O)[C@H](O)[C@H](Cc2ccccc2)NC(=O)c2[nH]c3ccccc3c(=O)c2C)cc1. The van der Waals surface area contributed by atoms with E-state index in [1.165, 1.54) is 0 Å². The molecule has 1 heterocycles. The van der Waals surface area contributed by atoms with Gasteiger partial charge in [0.1, 0.15) is 11.4 Å². The predicted molar refractivity (Wildman–Crippen MR) is 146 cm³/mol. The van der Waals surface area contributed by atoms with Crippen LogP contribution in [0.15, 0.2) is 83.7 Å². The molecule has 4 N–H and O–H groups in total. The lowest BCUT2D eigenvalue weighted by Gasteiger charge is -2.24. The predicted octanol–water partition coefficient (Wildman–Crippen LogP) is 2.91. The maximum atomic E-state index is 13.3. The summed E-state index contributed by atoms with van der Waals surface area (Å²) in [5, 5.41) is 17.0. The molecule has 0 bridgehead atoms. The maximum absolute atomic E-state index is 13.3. The van der Waals surface area contributed by atoms with Crippen LogP contribution in [-0.2, 0) is 17.6 Å². The van der Waals surface area contributed by atoms with Crippen LogP contribution in [0.1, 0.15) is 27.2 Å². The Labute approximate surface area is 220 Å². The van der Waals surface area contributed by atoms with Crippen molar-refractivity contribution in [2.24, 2.45) is 0 Å². The fraction of sp³-hybridized carbons (Fsp3) is 0.233. The van der Waals surface area contributed by atoms with Gasteiger partial charge < -0.3 is 25.5 Å². The number of hydrogen-bond donors (Lipinski definition) is 4. The Bertz CT molecular complexity index is 1470. The van der Waals surface area contributed by atoms with Crippen LogP contribution in [0.2, 0.25) is 0 Å². The van der Waals surface area contributed by atoms with Crippen molar-refractivity contribution in [1.82, 2.24) is 15.6 Å². The molecule has 0 aliphatic carbocycles. The van der Waals surface area contributed by atoms with Crippen molar-refractivity contribution in [1.29, 1.82) is 0 Å². The molecule has 4 aromatic rings. The van der Waals surface area contributed by atoms with Gasteiger partial charge in [0, 0.05) is 23.0 Å². The molecule has 1 aromatic heterocycles. The second-order valence-corrected chi connectivity index (χ2v) is 9.10. The summed E-state index contributed by atoms with van der Waals surface area (Å²) in [6.45, 7) is 1.89. The first-order valence-corrected chi connectivity index (χ1v) is 12.4. The van der Waals surface area contributed by atoms with Gasteiger partial charge in [-0.25, -0.2) is 0 Å². The third-order valence-electron chi connectivity index (χ3n) is 6.51. The number of fused-ring (bicyclic) bond motifs is 1. The van der Waals surface area contributed by atoms with Crippen molar-refractivity contribution in [3.05, 3.63) is 111 Å². The molecule has 196 valence electrons. The van der Waals surface area contributed by atoms with Gasteiger partial charge in [-0.05, 0) is 55.2 Å². The lowest BCUT2D eigenvalue weighted by Crippen LogP contribution is -2.52. The topological polar surface area (TPSA) is 121 Å². The number of pyridine rings is 1. The zero-order chi connectivity index (χ0) is 27.1. The van der Waals surface area contributed by atoms with E-state index in [9.17, 15) is 19.5 Å². The van der Waals surface area contributed by atoms with Crippen LogP contribution < -0.4 is 20.8 Å². The minimum absolute atomic E-state index is 0.0962. The molecule has 2 amide bonds. The van der Waals surface area contributed by atoms with Crippen LogP contribution >= 0.6 is 0 Å². The summed E-state index contributed by atoms with van der Waals surface area (Å²) in [5.74, 6) is -0.421. The summed E-state index contributed by atoms with van der Waals surface area (Å²) in [7, 11) is 1.60. The second kappa shape index (κ2) is 12.2. The molecule has 0 aliphatic heterocycles. The van der Waals surface area contributed by atoms with Gasteiger partial charge in [-0.1, -0.05) is 54.6 Å². The highest BCUT2D eigenvalue weighted by atomic mass is 16.5. The highest BCUT2D eigenvalue weighted by Crippen LogP contribution is 2.14. The summed E-state index contributed by atoms with van der Waals surface area (Å²) < 4.78 is 5.16. The lowest BCUT2D eigenvalue weighted by atomic mass is 9.99. The van der Waals surface area contributed by atoms with Crippen molar-refractivity contribution in [2.45, 2.75) is 31.9 Å². The summed E-state index contributed by atoms with van der Waals surface area (Å²) in [4.78, 5) is 42.0. The first-order chi connectivity index (χ1) is 18.4. The number of aliphatic hydroxyl groups is 1. The first kappa shape index (κ1) is 26.6. The van der Waals surface area contributed by atoms with E-state index in [0.717, 1.165) is 16.9 Å². The molecule has 0 spiro atoms. The number of rotatable bonds is 10. The Hall–Kier alpha value is -4.43. The summed E-state index contributed by atoms with van der Waals surface area (Å²) in [6, 6.07) is 22.8. The molecule has 38 heavy (non-hydrogen) atoms. The molecule has 0 fully saturated rings. The van der Waals surface area contributed by atoms with Crippen molar-refractivity contribution >= 4 is 22.7 Å². The molecule has 0 aliphatic rings. The van der Waals surface area contributed by atoms with Gasteiger partial charge in [0.25, 0.3) is 11.8 Å². The van der Waals surface area contributed by atoms with E-state index in [1.807, 2.05) is 54.6 Å². The van der Waals surface area contributed by atoms with Crippen LogP contribution in [0, 0.1) is 6.92 Å². The Balaban J connectivity index is 1.49. The molecular weight excluding hydrogens is 482 g/mol. The van der Waals surface area contributed by atoms with Crippen LogP contribution in [0.5, 0.6) is 5.75 Å². The maximum Gasteiger partial charge on any atom is 0.268 e. The van der Waals surface area contributed by atoms with Gasteiger partial charge in [-0.15, -0.1) is 0 Å². The number of para-hydroxylation sites is 1. The smallest absolute Gasteiger partial charge is 0.268 e. The lowest BCUT2D eigenvalue weighted by molar-refractivity contribution is -0.130. The normalized spacial score (nSPS) is 12.5. The number of aromatic amines is 1. The zero-order valence-electron chi connectivity index (χ0n) is 21.4. The Morgan fingerprint density at radius 2 is 1.63 bits per heavy atom. The van der Waals surface area contributed by atoms with E-state index in [-0.39, 0.29) is 23.1 Å². The summed E-state index contributed by atoms with van der Waals surface area (Å²) >= 11 is 0. The molecule has 0 radical (unpaired) electrons. The summed E-state index contributed by atoms with van der Waals surface area (Å²) in [5.41, 5.74) is 2.49. The van der Waals surface area contributed by atoms with Crippen molar-refractivity contribution < 1.29 is 19.4 Å². The van der Waals surface area contributed by atoms with Gasteiger partial charge in [0.2, 0.25) is 0 Å². The van der Waals surface area contributed by atoms with Crippen molar-refractivity contribution in [3.63, 3.8) is 0 Å². The first-order valence-electron chi connectivity index (χ1n) is 12.4. The Kier molecular flexibility index (Phi) is 8.55. The van der Waals surface area contributed by atoms with E-state index >= 15 is 0 Å². The molecule has 8 nitrogen and oxygen atoms in total. The van der Waals surface area contributed by atoms with Gasteiger partial charge in [0.05, 0.1) is 13.2 Å². The van der Waals surface area contributed by atoms with Gasteiger partial charge in [-0.3, -0.25) is 14.4 Å². The van der Waals surface area contributed by atoms with Gasteiger partial charge in [-0.2, -0.15) is 0 Å². The third-order valence-corrected chi connectivity index (χ3v) is 6.51. The number of aliphatic hydroxyl groups excluding tert-OH is 1. The van der Waals surface area contributed by atoms with E-state index in [4.69, 9.17) is 4.74 Å². The molecule has 0 saturated carbocycles. The quantitative estimate of drug-likeness (QED) is 0.260. The van der Waals surface area contributed by atoms with Crippen molar-refractivity contribution in [3.8, 4) is 5.75 Å². The number of hydrogen-bond acceptors (Lipinski definition) is 5. The van der Waals surface area contributed by atoms with E-state index in [1.54, 1.807) is 38.3 Å². The molecule has 0 saturated heterocycles. The standard InChI is InChI=1S/C30H31N3O5/c1-19-26(32-24-11-7-6-10-23(24)27(19)34)29(36)33-25(18-21-8-4-3-5-9-21)28(35)30(37)31-17-16-20-12-14-22(38-2)15-13-20/h3-15,25,28,35H,16-18H2,1-2H3,(H,31,37)(H,32,34)(H,33,36)/t25-,28+/m0/s1. The minimum Gasteiger partial charge on any atom is -0.497 e. The van der Waals surface area contributed by atoms with E-state index in [0.29, 0.717) is 23.9 Å². The summed E-state index contributed by atoms with van der Waals surface area (Å²) in [6.07, 6.45) is -0.728. The van der Waals surface area contributed by atoms with Crippen LogP contribution in [0.3, 0.4) is 0 Å². The molecule has 2 atom stereocenters. The minimum atomic E-state index is -1.51. The number of carbonyl (C=O) groups is 2. The van der Waals surface area contributed by atoms with Crippen LogP contribution in [0.4, 0.5) is 0 Å². The number of nitrogens with one attached hydrogen (secondary N) is 3. The molecule has 0 unspecified atom stereocenters. The average Bonchev–Trinajstić information content (AvgIpc) is 2.95. The number of methoxy groups -OCH3 is 1. The number of ether oxygens (including phenoxy) is 1. The Morgan fingerprint density at radius 3 is 2.34 bits per heavy atom. The van der Waals surface area contributed by atoms with Crippen molar-refractivity contribution in [2.75, 3.05) is 13.7 Å². The molecular formula is C30H31N3O5. The fourth-order valence-corrected chi connectivity index (χ4v) is 4.32. The number of carbonyl (C=O) groups excluding carboxylic acids is 2. The molecule has 3 aromatic carbocycles. The highest BCUT2D eigenvalue weighted by Gasteiger charge is 2.29. The Morgan fingerprint density at radius 1 is 0.947 bits per heavy atom. The zero-order valence-corrected chi connectivity index (χ0v) is 21.4.